The second-order valence-corrected chi connectivity index (χ2v) is 7.02. The number of benzene rings is 1. The zero-order valence-corrected chi connectivity index (χ0v) is 15.2. The molecule has 0 radical (unpaired) electrons. The third kappa shape index (κ3) is 2.38. The monoisotopic (exact) mass is 375 g/mol. The van der Waals surface area contributed by atoms with Crippen LogP contribution in [0.5, 0.6) is 0 Å². The molecule has 8 nitrogen and oxygen atoms in total. The Morgan fingerprint density at radius 1 is 1.14 bits per heavy atom. The lowest BCUT2D eigenvalue weighted by atomic mass is 10.0. The predicted octanol–water partition coefficient (Wildman–Crippen LogP) is 1.30. The van der Waals surface area contributed by atoms with Crippen molar-refractivity contribution >= 4 is 27.8 Å². The van der Waals surface area contributed by atoms with Crippen LogP contribution in [0.4, 0.5) is 0 Å². The second-order valence-electron chi connectivity index (χ2n) is 7.02. The molecule has 1 aromatic carbocycles. The van der Waals surface area contributed by atoms with Gasteiger partial charge >= 0.3 is 5.69 Å². The molecule has 28 heavy (non-hydrogen) atoms. The fraction of sp³-hybridized carbons (Fsp3) is 0.200. The average molecular weight is 375 g/mol. The molecule has 8 heteroatoms. The first kappa shape index (κ1) is 16.5. The number of amides is 1. The maximum atomic E-state index is 13.1. The van der Waals surface area contributed by atoms with E-state index in [1.54, 1.807) is 4.90 Å². The van der Waals surface area contributed by atoms with E-state index in [2.05, 4.69) is 21.0 Å². The Morgan fingerprint density at radius 3 is 2.82 bits per heavy atom. The Balaban J connectivity index is 1.53. The van der Waals surface area contributed by atoms with E-state index >= 15 is 0 Å². The van der Waals surface area contributed by atoms with Crippen LogP contribution in [0.15, 0.2) is 46.1 Å². The van der Waals surface area contributed by atoms with Gasteiger partial charge in [0.15, 0.2) is 0 Å². The van der Waals surface area contributed by atoms with Crippen molar-refractivity contribution in [3.05, 3.63) is 74.2 Å². The topological polar surface area (TPSA) is 104 Å². The number of rotatable bonds is 1. The van der Waals surface area contributed by atoms with Crippen molar-refractivity contribution in [2.24, 2.45) is 7.05 Å². The molecule has 0 spiro atoms. The quantitative estimate of drug-likeness (QED) is 0.523. The van der Waals surface area contributed by atoms with Gasteiger partial charge < -0.3 is 9.88 Å². The molecule has 0 bridgehead atoms. The van der Waals surface area contributed by atoms with Crippen LogP contribution >= 0.6 is 0 Å². The summed E-state index contributed by atoms with van der Waals surface area (Å²) in [4.78, 5) is 48.5. The normalized spacial score (nSPS) is 13.8. The summed E-state index contributed by atoms with van der Waals surface area (Å²) in [5, 5.41) is 1.34. The molecule has 5 rings (SSSR count). The van der Waals surface area contributed by atoms with Gasteiger partial charge in [-0.2, -0.15) is 0 Å². The van der Waals surface area contributed by atoms with Gasteiger partial charge in [0, 0.05) is 54.9 Å². The molecule has 0 saturated heterocycles. The van der Waals surface area contributed by atoms with Crippen LogP contribution in [0.3, 0.4) is 0 Å². The molecule has 4 heterocycles. The van der Waals surface area contributed by atoms with Crippen LogP contribution in [0.2, 0.25) is 0 Å². The predicted molar refractivity (Wildman–Crippen MR) is 104 cm³/mol. The number of hydrogen-bond donors (Lipinski definition) is 2. The van der Waals surface area contributed by atoms with Gasteiger partial charge in [-0.05, 0) is 12.1 Å². The summed E-state index contributed by atoms with van der Waals surface area (Å²) in [6, 6.07) is 9.56. The molecule has 3 aromatic heterocycles. The van der Waals surface area contributed by atoms with Crippen molar-refractivity contribution in [2.75, 3.05) is 6.54 Å². The lowest BCUT2D eigenvalue weighted by Gasteiger charge is -2.27. The summed E-state index contributed by atoms with van der Waals surface area (Å²) in [5.41, 5.74) is 2.87. The lowest BCUT2D eigenvalue weighted by Crippen LogP contribution is -2.36. The van der Waals surface area contributed by atoms with Crippen LogP contribution in [-0.2, 0) is 20.0 Å². The Bertz CT molecular complexity index is 1380. The van der Waals surface area contributed by atoms with E-state index < -0.39 is 11.2 Å². The molecule has 1 aliphatic rings. The van der Waals surface area contributed by atoms with Crippen LogP contribution < -0.4 is 11.2 Å². The van der Waals surface area contributed by atoms with E-state index in [1.165, 1.54) is 23.9 Å². The van der Waals surface area contributed by atoms with E-state index in [0.717, 1.165) is 28.6 Å². The zero-order chi connectivity index (χ0) is 19.4. The average Bonchev–Trinajstić information content (AvgIpc) is 3.09. The molecule has 1 aliphatic heterocycles. The van der Waals surface area contributed by atoms with Crippen molar-refractivity contribution in [3.8, 4) is 0 Å². The minimum absolute atomic E-state index is 0.182. The molecule has 0 fully saturated rings. The summed E-state index contributed by atoms with van der Waals surface area (Å²) >= 11 is 0. The molecule has 0 atom stereocenters. The van der Waals surface area contributed by atoms with Crippen LogP contribution in [0.1, 0.15) is 21.6 Å². The maximum Gasteiger partial charge on any atom is 0.329 e. The molecule has 140 valence electrons. The minimum Gasteiger partial charge on any atom is -0.358 e. The highest BCUT2D eigenvalue weighted by Crippen LogP contribution is 2.28. The molecule has 0 unspecified atom stereocenters. The Hall–Kier alpha value is -3.68. The molecule has 2 N–H and O–H groups in total. The van der Waals surface area contributed by atoms with Crippen LogP contribution in [0, 0.1) is 0 Å². The highest BCUT2D eigenvalue weighted by molar-refractivity contribution is 5.97. The van der Waals surface area contributed by atoms with Gasteiger partial charge in [0.05, 0.1) is 10.9 Å². The number of para-hydroxylation sites is 1. The smallest absolute Gasteiger partial charge is 0.329 e. The van der Waals surface area contributed by atoms with Gasteiger partial charge in [0.1, 0.15) is 5.65 Å². The summed E-state index contributed by atoms with van der Waals surface area (Å²) in [7, 11) is 1.53. The number of aryl methyl sites for hydroxylation is 1. The van der Waals surface area contributed by atoms with Gasteiger partial charge in [-0.1, -0.05) is 18.2 Å². The zero-order valence-electron chi connectivity index (χ0n) is 15.2. The molecule has 1 amide bonds. The van der Waals surface area contributed by atoms with E-state index in [1.807, 2.05) is 18.2 Å². The van der Waals surface area contributed by atoms with Crippen LogP contribution in [-0.4, -0.2) is 36.9 Å². The van der Waals surface area contributed by atoms with Crippen molar-refractivity contribution in [3.63, 3.8) is 0 Å². The Morgan fingerprint density at radius 2 is 1.96 bits per heavy atom. The second kappa shape index (κ2) is 5.91. The van der Waals surface area contributed by atoms with E-state index in [4.69, 9.17) is 0 Å². The number of pyridine rings is 1. The van der Waals surface area contributed by atoms with E-state index in [9.17, 15) is 14.4 Å². The standard InChI is InChI=1S/C20H17N5O3/c1-24-17-13(18(26)23-20(24)28)8-11(9-21-17)19(27)25-7-6-16-14(10-25)12-4-2-3-5-15(12)22-16/h2-5,8-9,22H,6-7,10H2,1H3,(H,23,26,28). The van der Waals surface area contributed by atoms with Crippen molar-refractivity contribution in [1.29, 1.82) is 0 Å². The number of hydrogen-bond acceptors (Lipinski definition) is 4. The van der Waals surface area contributed by atoms with Crippen molar-refractivity contribution < 1.29 is 4.79 Å². The number of H-pyrrole nitrogens is 2. The largest absolute Gasteiger partial charge is 0.358 e. The third-order valence-electron chi connectivity index (χ3n) is 5.37. The third-order valence-corrected chi connectivity index (χ3v) is 5.37. The SMILES string of the molecule is Cn1c(=O)[nH]c(=O)c2cc(C(=O)N3CCc4[nH]c5ccccc5c4C3)cnc21. The first-order valence-corrected chi connectivity index (χ1v) is 9.00. The number of fused-ring (bicyclic) bond motifs is 4. The number of nitrogens with zero attached hydrogens (tertiary/aromatic N) is 3. The summed E-state index contributed by atoms with van der Waals surface area (Å²) < 4.78 is 1.25. The first-order chi connectivity index (χ1) is 13.5. The maximum absolute atomic E-state index is 13.1. The van der Waals surface area contributed by atoms with Gasteiger partial charge in [0.25, 0.3) is 11.5 Å². The highest BCUT2D eigenvalue weighted by Gasteiger charge is 2.25. The number of nitrogens with one attached hydrogen (secondary N) is 2. The fourth-order valence-electron chi connectivity index (χ4n) is 3.88. The van der Waals surface area contributed by atoms with Gasteiger partial charge in [-0.15, -0.1) is 0 Å². The lowest BCUT2D eigenvalue weighted by molar-refractivity contribution is 0.0735. The molecule has 0 aliphatic carbocycles. The summed E-state index contributed by atoms with van der Waals surface area (Å²) in [5.74, 6) is -0.182. The van der Waals surface area contributed by atoms with Gasteiger partial charge in [-0.3, -0.25) is 19.1 Å². The fourth-order valence-corrected chi connectivity index (χ4v) is 3.88. The molecule has 0 saturated carbocycles. The molecular weight excluding hydrogens is 358 g/mol. The number of carbonyl (C=O) groups excluding carboxylic acids is 1. The Labute approximate surface area is 158 Å². The minimum atomic E-state index is -0.544. The van der Waals surface area contributed by atoms with Crippen LogP contribution in [0.25, 0.3) is 21.9 Å². The molecular formula is C20H17N5O3. The molecule has 4 aromatic rings. The summed E-state index contributed by atoms with van der Waals surface area (Å²) in [6.45, 7) is 1.08. The summed E-state index contributed by atoms with van der Waals surface area (Å²) in [6.07, 6.45) is 2.17. The number of carbonyl (C=O) groups is 1. The van der Waals surface area contributed by atoms with Gasteiger partial charge in [0.2, 0.25) is 0 Å². The number of aromatic nitrogens is 4. The first-order valence-electron chi connectivity index (χ1n) is 9.00. The van der Waals surface area contributed by atoms with E-state index in [-0.39, 0.29) is 16.9 Å². The van der Waals surface area contributed by atoms with Crippen molar-refractivity contribution in [2.45, 2.75) is 13.0 Å². The van der Waals surface area contributed by atoms with Gasteiger partial charge in [-0.25, -0.2) is 9.78 Å². The Kier molecular flexibility index (Phi) is 3.48. The highest BCUT2D eigenvalue weighted by atomic mass is 16.2. The van der Waals surface area contributed by atoms with E-state index in [0.29, 0.717) is 18.7 Å². The van der Waals surface area contributed by atoms with Crippen molar-refractivity contribution in [1.82, 2.24) is 24.4 Å². The number of aromatic amines is 2.